The zero-order valence-corrected chi connectivity index (χ0v) is 12.6. The van der Waals surface area contributed by atoms with Crippen LogP contribution in [0.3, 0.4) is 0 Å². The Bertz CT molecular complexity index is 597. The topological polar surface area (TPSA) is 48.1 Å². The van der Waals surface area contributed by atoms with Gasteiger partial charge in [-0.1, -0.05) is 34.1 Å². The number of carbonyl (C=O) groups is 1. The van der Waals surface area contributed by atoms with Gasteiger partial charge < -0.3 is 10.3 Å². The molecular weight excluding hydrogens is 318 g/mol. The minimum Gasteiger partial charge on any atom is -0.367 e. The molecule has 4 nitrogen and oxygen atoms in total. The highest BCUT2D eigenvalue weighted by molar-refractivity contribution is 9.10. The summed E-state index contributed by atoms with van der Waals surface area (Å²) in [5.74, 6) is 0.0682. The molecule has 104 valence electrons. The third-order valence-corrected chi connectivity index (χ3v) is 4.28. The zero-order valence-electron chi connectivity index (χ0n) is 11.0. The summed E-state index contributed by atoms with van der Waals surface area (Å²) in [6.07, 6.45) is 3.89. The predicted molar refractivity (Wildman–Crippen MR) is 81.1 cm³/mol. The zero-order chi connectivity index (χ0) is 13.9. The maximum Gasteiger partial charge on any atom is 0.242 e. The molecule has 1 aromatic heterocycles. The van der Waals surface area contributed by atoms with Crippen molar-refractivity contribution in [2.75, 3.05) is 13.1 Å². The third-order valence-electron chi connectivity index (χ3n) is 3.56. The van der Waals surface area contributed by atoms with E-state index >= 15 is 0 Å². The van der Waals surface area contributed by atoms with Crippen molar-refractivity contribution in [1.82, 2.24) is 15.2 Å². The number of piperazine rings is 1. The van der Waals surface area contributed by atoms with Gasteiger partial charge in [-0.3, -0.25) is 9.69 Å². The second-order valence-corrected chi connectivity index (χ2v) is 5.76. The fraction of sp³-hybridized carbons (Fsp3) is 0.267. The molecule has 1 fully saturated rings. The number of nitrogens with one attached hydrogen (secondary N) is 2. The van der Waals surface area contributed by atoms with Gasteiger partial charge in [-0.25, -0.2) is 0 Å². The Hall–Kier alpha value is -1.59. The fourth-order valence-corrected chi connectivity index (χ4v) is 3.11. The number of halogens is 1. The van der Waals surface area contributed by atoms with Crippen LogP contribution >= 0.6 is 15.9 Å². The largest absolute Gasteiger partial charge is 0.367 e. The minimum atomic E-state index is -0.241. The lowest BCUT2D eigenvalue weighted by Crippen LogP contribution is -2.49. The molecule has 0 aliphatic carbocycles. The molecule has 1 aliphatic rings. The number of carbonyl (C=O) groups excluding carboxylic acids is 1. The van der Waals surface area contributed by atoms with Gasteiger partial charge >= 0.3 is 0 Å². The van der Waals surface area contributed by atoms with Gasteiger partial charge in [-0.15, -0.1) is 0 Å². The second kappa shape index (κ2) is 5.81. The van der Waals surface area contributed by atoms with Gasteiger partial charge in [-0.2, -0.15) is 0 Å². The van der Waals surface area contributed by atoms with Gasteiger partial charge in [0.05, 0.1) is 0 Å². The number of hydrogen-bond acceptors (Lipinski definition) is 2. The first-order valence-electron chi connectivity index (χ1n) is 6.63. The van der Waals surface area contributed by atoms with Gasteiger partial charge in [-0.05, 0) is 23.3 Å². The number of aromatic nitrogens is 1. The van der Waals surface area contributed by atoms with Crippen molar-refractivity contribution >= 4 is 21.8 Å². The summed E-state index contributed by atoms with van der Waals surface area (Å²) in [5.41, 5.74) is 2.21. The molecule has 0 saturated carbocycles. The first-order valence-corrected chi connectivity index (χ1v) is 7.43. The molecule has 1 saturated heterocycles. The molecule has 1 aliphatic heterocycles. The van der Waals surface area contributed by atoms with E-state index < -0.39 is 0 Å². The summed E-state index contributed by atoms with van der Waals surface area (Å²) in [6, 6.07) is 9.72. The summed E-state index contributed by atoms with van der Waals surface area (Å²) >= 11 is 3.55. The molecule has 2 N–H and O–H groups in total. The third kappa shape index (κ3) is 2.64. The molecule has 5 heteroatoms. The molecule has 0 unspecified atom stereocenters. The van der Waals surface area contributed by atoms with Crippen LogP contribution in [-0.2, 0) is 11.3 Å². The van der Waals surface area contributed by atoms with Crippen LogP contribution in [0.2, 0.25) is 0 Å². The number of nitrogens with zero attached hydrogens (tertiary/aromatic N) is 1. The molecule has 1 amide bonds. The van der Waals surface area contributed by atoms with Crippen molar-refractivity contribution < 1.29 is 4.79 Å². The Morgan fingerprint density at radius 2 is 2.15 bits per heavy atom. The molecule has 0 radical (unpaired) electrons. The highest BCUT2D eigenvalue weighted by Gasteiger charge is 2.32. The van der Waals surface area contributed by atoms with Crippen molar-refractivity contribution in [3.05, 3.63) is 58.3 Å². The predicted octanol–water partition coefficient (Wildman–Crippen LogP) is 2.45. The molecule has 1 atom stereocenters. The summed E-state index contributed by atoms with van der Waals surface area (Å²) in [4.78, 5) is 17.6. The lowest BCUT2D eigenvalue weighted by molar-refractivity contribution is -0.129. The number of rotatable bonds is 3. The Balaban J connectivity index is 1.91. The normalized spacial score (nSPS) is 19.9. The molecule has 2 aromatic rings. The molecule has 20 heavy (non-hydrogen) atoms. The van der Waals surface area contributed by atoms with Gasteiger partial charge in [0.25, 0.3) is 0 Å². The van der Waals surface area contributed by atoms with Crippen molar-refractivity contribution in [3.63, 3.8) is 0 Å². The molecule has 3 rings (SSSR count). The van der Waals surface area contributed by atoms with Gasteiger partial charge in [0.15, 0.2) is 0 Å². The van der Waals surface area contributed by atoms with Crippen LogP contribution in [0.15, 0.2) is 47.2 Å². The van der Waals surface area contributed by atoms with E-state index in [9.17, 15) is 4.79 Å². The molecule has 2 heterocycles. The maximum atomic E-state index is 12.3. The van der Waals surface area contributed by atoms with Crippen LogP contribution in [0, 0.1) is 0 Å². The van der Waals surface area contributed by atoms with Crippen molar-refractivity contribution in [2.24, 2.45) is 0 Å². The fourth-order valence-electron chi connectivity index (χ4n) is 2.61. The number of benzene rings is 1. The lowest BCUT2D eigenvalue weighted by atomic mass is 10.0. The first kappa shape index (κ1) is 13.4. The van der Waals surface area contributed by atoms with E-state index in [0.717, 1.165) is 23.1 Å². The summed E-state index contributed by atoms with van der Waals surface area (Å²) < 4.78 is 0.973. The Labute approximate surface area is 126 Å². The lowest BCUT2D eigenvalue weighted by Gasteiger charge is -2.35. The average Bonchev–Trinajstić information content (AvgIpc) is 2.93. The summed E-state index contributed by atoms with van der Waals surface area (Å²) in [6.45, 7) is 2.32. The van der Waals surface area contributed by atoms with E-state index in [0.29, 0.717) is 6.54 Å². The van der Waals surface area contributed by atoms with Crippen LogP contribution in [0.25, 0.3) is 0 Å². The number of hydrogen-bond donors (Lipinski definition) is 2. The van der Waals surface area contributed by atoms with Crippen LogP contribution in [-0.4, -0.2) is 28.9 Å². The van der Waals surface area contributed by atoms with Crippen molar-refractivity contribution in [3.8, 4) is 0 Å². The minimum absolute atomic E-state index is 0.0682. The first-order chi connectivity index (χ1) is 9.75. The highest BCUT2D eigenvalue weighted by Crippen LogP contribution is 2.30. The standard InChI is InChI=1S/C15H16BrN3O/c16-13-4-2-1-3-12(13)14-15(20)18-7-8-19(14)10-11-5-6-17-9-11/h1-6,9,14,17H,7-8,10H2,(H,18,20)/t14-/m0/s1. The number of amides is 1. The van der Waals surface area contributed by atoms with Crippen LogP contribution in [0.4, 0.5) is 0 Å². The Morgan fingerprint density at radius 1 is 1.30 bits per heavy atom. The second-order valence-electron chi connectivity index (χ2n) is 4.90. The average molecular weight is 334 g/mol. The highest BCUT2D eigenvalue weighted by atomic mass is 79.9. The van der Waals surface area contributed by atoms with Crippen LogP contribution < -0.4 is 5.32 Å². The Kier molecular flexibility index (Phi) is 3.89. The molecule has 0 spiro atoms. The number of H-pyrrole nitrogens is 1. The summed E-state index contributed by atoms with van der Waals surface area (Å²) in [7, 11) is 0. The van der Waals surface area contributed by atoms with Crippen molar-refractivity contribution in [1.29, 1.82) is 0 Å². The van der Waals surface area contributed by atoms with Crippen LogP contribution in [0.1, 0.15) is 17.2 Å². The van der Waals surface area contributed by atoms with E-state index in [1.165, 1.54) is 5.56 Å². The van der Waals surface area contributed by atoms with Gasteiger partial charge in [0.2, 0.25) is 5.91 Å². The van der Waals surface area contributed by atoms with E-state index in [4.69, 9.17) is 0 Å². The molecule has 1 aromatic carbocycles. The van der Waals surface area contributed by atoms with Crippen molar-refractivity contribution in [2.45, 2.75) is 12.6 Å². The monoisotopic (exact) mass is 333 g/mol. The Morgan fingerprint density at radius 3 is 2.90 bits per heavy atom. The smallest absolute Gasteiger partial charge is 0.242 e. The summed E-state index contributed by atoms with van der Waals surface area (Å²) in [5, 5.41) is 2.96. The molecule has 0 bridgehead atoms. The SMILES string of the molecule is O=C1NCCN(Cc2cc[nH]c2)[C@H]1c1ccccc1Br. The van der Waals surface area contributed by atoms with E-state index in [1.54, 1.807) is 0 Å². The maximum absolute atomic E-state index is 12.3. The van der Waals surface area contributed by atoms with E-state index in [1.807, 2.05) is 42.7 Å². The van der Waals surface area contributed by atoms with Gasteiger partial charge in [0, 0.05) is 36.5 Å². The van der Waals surface area contributed by atoms with Gasteiger partial charge in [0.1, 0.15) is 6.04 Å². The number of aromatic amines is 1. The molecular formula is C15H16BrN3O. The quantitative estimate of drug-likeness (QED) is 0.906. The van der Waals surface area contributed by atoms with E-state index in [2.05, 4.69) is 31.1 Å². The van der Waals surface area contributed by atoms with E-state index in [-0.39, 0.29) is 11.9 Å². The van der Waals surface area contributed by atoms with Crippen LogP contribution in [0.5, 0.6) is 0 Å².